The molecular weight excluding hydrogens is 286 g/mol. The van der Waals surface area contributed by atoms with E-state index in [1.807, 2.05) is 0 Å². The van der Waals surface area contributed by atoms with Gasteiger partial charge in [-0.25, -0.2) is 4.98 Å². The van der Waals surface area contributed by atoms with Crippen LogP contribution < -0.4 is 5.56 Å². The quantitative estimate of drug-likeness (QED) is 0.760. The summed E-state index contributed by atoms with van der Waals surface area (Å²) in [5.74, 6) is -1.04. The van der Waals surface area contributed by atoms with E-state index < -0.39 is 17.4 Å². The SMILES string of the molecule is CCOC(=O)CN(CC)C(=O)c1cnc2ccccn2c1=O. The number of pyridine rings is 1. The van der Waals surface area contributed by atoms with E-state index in [2.05, 4.69) is 4.98 Å². The topological polar surface area (TPSA) is 81.0 Å². The molecule has 0 fully saturated rings. The highest BCUT2D eigenvalue weighted by Gasteiger charge is 2.21. The molecule has 0 aliphatic heterocycles. The summed E-state index contributed by atoms with van der Waals surface area (Å²) in [5.41, 5.74) is -0.0785. The lowest BCUT2D eigenvalue weighted by atomic mass is 10.2. The largest absolute Gasteiger partial charge is 0.465 e. The zero-order valence-electron chi connectivity index (χ0n) is 12.5. The van der Waals surface area contributed by atoms with Crippen LogP contribution in [-0.4, -0.2) is 45.9 Å². The number of ether oxygens (including phenoxy) is 1. The molecule has 0 unspecified atom stereocenters. The molecule has 0 saturated carbocycles. The summed E-state index contributed by atoms with van der Waals surface area (Å²) in [7, 11) is 0. The molecule has 7 nitrogen and oxygen atoms in total. The van der Waals surface area contributed by atoms with Gasteiger partial charge in [-0.2, -0.15) is 0 Å². The number of aromatic nitrogens is 2. The van der Waals surface area contributed by atoms with E-state index in [4.69, 9.17) is 4.74 Å². The summed E-state index contributed by atoms with van der Waals surface area (Å²) in [6.07, 6.45) is 2.79. The predicted octanol–water partition coefficient (Wildman–Crippen LogP) is 0.720. The molecule has 22 heavy (non-hydrogen) atoms. The van der Waals surface area contributed by atoms with Gasteiger partial charge in [0, 0.05) is 18.9 Å². The Labute approximate surface area is 127 Å². The van der Waals surface area contributed by atoms with Crippen LogP contribution in [0.4, 0.5) is 0 Å². The fraction of sp³-hybridized carbons (Fsp3) is 0.333. The second-order valence-electron chi connectivity index (χ2n) is 4.53. The van der Waals surface area contributed by atoms with E-state index in [0.717, 1.165) is 0 Å². The third kappa shape index (κ3) is 3.13. The van der Waals surface area contributed by atoms with Gasteiger partial charge in [-0.1, -0.05) is 6.07 Å². The first kappa shape index (κ1) is 15.7. The molecule has 0 saturated heterocycles. The lowest BCUT2D eigenvalue weighted by Gasteiger charge is -2.19. The molecule has 2 aromatic heterocycles. The molecule has 2 heterocycles. The molecule has 0 N–H and O–H groups in total. The molecule has 116 valence electrons. The summed E-state index contributed by atoms with van der Waals surface area (Å²) >= 11 is 0. The van der Waals surface area contributed by atoms with E-state index in [1.165, 1.54) is 15.5 Å². The van der Waals surface area contributed by atoms with Crippen LogP contribution in [0.3, 0.4) is 0 Å². The van der Waals surface area contributed by atoms with Crippen LogP contribution in [0, 0.1) is 0 Å². The number of carbonyl (C=O) groups excluding carboxylic acids is 2. The van der Waals surface area contributed by atoms with Crippen molar-refractivity contribution in [2.24, 2.45) is 0 Å². The highest BCUT2D eigenvalue weighted by Crippen LogP contribution is 2.02. The first-order valence-electron chi connectivity index (χ1n) is 6.99. The van der Waals surface area contributed by atoms with Crippen LogP contribution in [0.2, 0.25) is 0 Å². The van der Waals surface area contributed by atoms with Crippen LogP contribution in [-0.2, 0) is 9.53 Å². The second kappa shape index (κ2) is 6.84. The van der Waals surface area contributed by atoms with Crippen molar-refractivity contribution in [3.05, 3.63) is 46.5 Å². The Balaban J connectivity index is 2.33. The number of rotatable bonds is 5. The van der Waals surface area contributed by atoms with Crippen molar-refractivity contribution in [2.45, 2.75) is 13.8 Å². The van der Waals surface area contributed by atoms with Crippen molar-refractivity contribution in [1.82, 2.24) is 14.3 Å². The van der Waals surface area contributed by atoms with Crippen LogP contribution in [0.5, 0.6) is 0 Å². The van der Waals surface area contributed by atoms with Gasteiger partial charge >= 0.3 is 5.97 Å². The number of fused-ring (bicyclic) bond motifs is 1. The minimum atomic E-state index is -0.536. The lowest BCUT2D eigenvalue weighted by molar-refractivity contribution is -0.143. The molecular formula is C15H17N3O4. The number of carbonyl (C=O) groups is 2. The van der Waals surface area contributed by atoms with Gasteiger partial charge in [-0.15, -0.1) is 0 Å². The fourth-order valence-electron chi connectivity index (χ4n) is 2.03. The summed E-state index contributed by atoms with van der Waals surface area (Å²) < 4.78 is 6.13. The maximum absolute atomic E-state index is 12.4. The zero-order valence-corrected chi connectivity index (χ0v) is 12.5. The van der Waals surface area contributed by atoms with Crippen molar-refractivity contribution >= 4 is 17.5 Å². The summed E-state index contributed by atoms with van der Waals surface area (Å²) in [5, 5.41) is 0. The van der Waals surface area contributed by atoms with Gasteiger partial charge in [0.2, 0.25) is 0 Å². The van der Waals surface area contributed by atoms with Gasteiger partial charge in [0.15, 0.2) is 0 Å². The average Bonchev–Trinajstić information content (AvgIpc) is 2.53. The first-order valence-corrected chi connectivity index (χ1v) is 6.99. The molecule has 0 aromatic carbocycles. The number of nitrogens with zero attached hydrogens (tertiary/aromatic N) is 3. The number of hydrogen-bond donors (Lipinski definition) is 0. The maximum Gasteiger partial charge on any atom is 0.325 e. The summed E-state index contributed by atoms with van der Waals surface area (Å²) in [6.45, 7) is 3.75. The van der Waals surface area contributed by atoms with Gasteiger partial charge in [0.05, 0.1) is 6.61 Å². The van der Waals surface area contributed by atoms with Crippen molar-refractivity contribution < 1.29 is 14.3 Å². The molecule has 2 rings (SSSR count). The molecule has 2 aromatic rings. The van der Waals surface area contributed by atoms with Crippen LogP contribution in [0.15, 0.2) is 35.4 Å². The van der Waals surface area contributed by atoms with Gasteiger partial charge in [-0.3, -0.25) is 18.8 Å². The standard InChI is InChI=1S/C15H17N3O4/c1-3-17(10-13(19)22-4-2)14(20)11-9-16-12-7-5-6-8-18(12)15(11)21/h5-9H,3-4,10H2,1-2H3. The number of amides is 1. The van der Waals surface area contributed by atoms with E-state index >= 15 is 0 Å². The van der Waals surface area contributed by atoms with Crippen molar-refractivity contribution in [2.75, 3.05) is 19.7 Å². The Bertz CT molecular complexity index is 754. The van der Waals surface area contributed by atoms with Gasteiger partial charge in [0.1, 0.15) is 17.8 Å². The fourth-order valence-corrected chi connectivity index (χ4v) is 2.03. The monoisotopic (exact) mass is 303 g/mol. The van der Waals surface area contributed by atoms with E-state index in [9.17, 15) is 14.4 Å². The molecule has 0 spiro atoms. The van der Waals surface area contributed by atoms with E-state index in [-0.39, 0.29) is 25.3 Å². The van der Waals surface area contributed by atoms with Crippen molar-refractivity contribution in [1.29, 1.82) is 0 Å². The lowest BCUT2D eigenvalue weighted by Crippen LogP contribution is -2.39. The minimum absolute atomic E-state index is 0.0742. The average molecular weight is 303 g/mol. The summed E-state index contributed by atoms with van der Waals surface area (Å²) in [4.78, 5) is 41.7. The van der Waals surface area contributed by atoms with Crippen LogP contribution >= 0.6 is 0 Å². The van der Waals surface area contributed by atoms with E-state index in [1.54, 1.807) is 38.2 Å². The molecule has 0 bridgehead atoms. The van der Waals surface area contributed by atoms with Gasteiger partial charge < -0.3 is 9.64 Å². The van der Waals surface area contributed by atoms with Crippen molar-refractivity contribution in [3.8, 4) is 0 Å². The predicted molar refractivity (Wildman–Crippen MR) is 79.7 cm³/mol. The molecule has 0 aliphatic carbocycles. The molecule has 7 heteroatoms. The molecule has 0 aliphatic rings. The number of likely N-dealkylation sites (N-methyl/N-ethyl adjacent to an activating group) is 1. The molecule has 0 atom stereocenters. The Morgan fingerprint density at radius 2 is 2.09 bits per heavy atom. The Morgan fingerprint density at radius 3 is 2.77 bits per heavy atom. The Morgan fingerprint density at radius 1 is 1.32 bits per heavy atom. The van der Waals surface area contributed by atoms with Gasteiger partial charge in [-0.05, 0) is 26.0 Å². The summed E-state index contributed by atoms with van der Waals surface area (Å²) in [6, 6.07) is 5.11. The molecule has 0 radical (unpaired) electrons. The van der Waals surface area contributed by atoms with Gasteiger partial charge in [0.25, 0.3) is 11.5 Å². The number of hydrogen-bond acceptors (Lipinski definition) is 5. The second-order valence-corrected chi connectivity index (χ2v) is 4.53. The molecule has 1 amide bonds. The third-order valence-corrected chi connectivity index (χ3v) is 3.14. The normalized spacial score (nSPS) is 10.5. The smallest absolute Gasteiger partial charge is 0.325 e. The van der Waals surface area contributed by atoms with E-state index in [0.29, 0.717) is 5.65 Å². The maximum atomic E-state index is 12.4. The third-order valence-electron chi connectivity index (χ3n) is 3.14. The highest BCUT2D eigenvalue weighted by molar-refractivity contribution is 5.95. The first-order chi connectivity index (χ1) is 10.6. The highest BCUT2D eigenvalue weighted by atomic mass is 16.5. The van der Waals surface area contributed by atoms with Crippen molar-refractivity contribution in [3.63, 3.8) is 0 Å². The van der Waals surface area contributed by atoms with Crippen LogP contribution in [0.1, 0.15) is 24.2 Å². The number of esters is 1. The Hall–Kier alpha value is -2.70. The minimum Gasteiger partial charge on any atom is -0.465 e. The van der Waals surface area contributed by atoms with Crippen LogP contribution in [0.25, 0.3) is 5.65 Å². The zero-order chi connectivity index (χ0) is 16.1. The Kier molecular flexibility index (Phi) is 4.88.